The molecule has 0 aromatic heterocycles. The Bertz CT molecular complexity index is 1040. The number of Topliss-reactive ketones (excluding diaryl/α,β-unsaturated/α-hetero) is 1. The number of nitrogens with one attached hydrogen (secondary N) is 1. The van der Waals surface area contributed by atoms with Gasteiger partial charge in [-0.25, -0.2) is 0 Å². The molecule has 1 fully saturated rings. The first-order valence-corrected chi connectivity index (χ1v) is 10.8. The van der Waals surface area contributed by atoms with E-state index in [2.05, 4.69) is 0 Å². The number of hydrogen-bond donors (Lipinski definition) is 1. The van der Waals surface area contributed by atoms with Crippen LogP contribution in [0.1, 0.15) is 11.1 Å². The van der Waals surface area contributed by atoms with Crippen LogP contribution < -0.4 is 33.3 Å². The van der Waals surface area contributed by atoms with Gasteiger partial charge in [-0.3, -0.25) is 4.79 Å². The molecule has 8 heteroatoms. The highest BCUT2D eigenvalue weighted by atomic mass is 16.5. The molecule has 0 aliphatic carbocycles. The molecular weight excluding hydrogens is 438 g/mol. The van der Waals surface area contributed by atoms with E-state index in [1.54, 1.807) is 54.8 Å². The van der Waals surface area contributed by atoms with Crippen LogP contribution in [0.2, 0.25) is 0 Å². The van der Waals surface area contributed by atoms with Crippen LogP contribution in [0, 0.1) is 0 Å². The van der Waals surface area contributed by atoms with E-state index in [4.69, 9.17) is 28.4 Å². The minimum Gasteiger partial charge on any atom is -0.493 e. The van der Waals surface area contributed by atoms with E-state index in [9.17, 15) is 4.79 Å². The van der Waals surface area contributed by atoms with E-state index < -0.39 is 0 Å². The van der Waals surface area contributed by atoms with Gasteiger partial charge in [-0.15, -0.1) is 0 Å². The molecule has 1 saturated heterocycles. The molecular formula is C26H32NO7+. The van der Waals surface area contributed by atoms with Crippen LogP contribution in [0.25, 0.3) is 12.2 Å². The summed E-state index contributed by atoms with van der Waals surface area (Å²) in [7, 11) is 11.4. The van der Waals surface area contributed by atoms with Gasteiger partial charge in [-0.2, -0.15) is 0 Å². The Kier molecular flexibility index (Phi) is 8.07. The van der Waals surface area contributed by atoms with Crippen molar-refractivity contribution in [3.63, 3.8) is 0 Å². The summed E-state index contributed by atoms with van der Waals surface area (Å²) in [5, 5.41) is 0. The van der Waals surface area contributed by atoms with Crippen LogP contribution in [0.15, 0.2) is 35.4 Å². The first kappa shape index (κ1) is 25.0. The van der Waals surface area contributed by atoms with Gasteiger partial charge in [0.15, 0.2) is 28.8 Å². The van der Waals surface area contributed by atoms with E-state index in [0.29, 0.717) is 58.7 Å². The maximum Gasteiger partial charge on any atom is 0.203 e. The van der Waals surface area contributed by atoms with Crippen molar-refractivity contribution in [1.82, 2.24) is 0 Å². The number of ketones is 1. The maximum absolute atomic E-state index is 13.5. The Hall–Kier alpha value is -3.65. The van der Waals surface area contributed by atoms with Crippen molar-refractivity contribution in [1.29, 1.82) is 0 Å². The number of ether oxygens (including phenoxy) is 6. The molecule has 1 unspecified atom stereocenters. The summed E-state index contributed by atoms with van der Waals surface area (Å²) in [5.74, 6) is 3.07. The van der Waals surface area contributed by atoms with Gasteiger partial charge in [0, 0.05) is 11.1 Å². The number of likely N-dealkylation sites (tertiary alicyclic amines) is 1. The highest BCUT2D eigenvalue weighted by Crippen LogP contribution is 2.42. The molecule has 0 radical (unpaired) electrons. The summed E-state index contributed by atoms with van der Waals surface area (Å²) in [5.41, 5.74) is 2.81. The molecule has 1 aliphatic rings. The second-order valence-corrected chi connectivity index (χ2v) is 7.83. The predicted octanol–water partition coefficient (Wildman–Crippen LogP) is 2.30. The molecule has 8 nitrogen and oxygen atoms in total. The number of piperidine rings is 1. The quantitative estimate of drug-likeness (QED) is 0.594. The SMILES string of the molecule is COc1ccc(C=C2C[NH+](C)C/C(=C\c3ccc(OC)c(OC)c3OC)C2=O)c(OC)c1OC. The second kappa shape index (κ2) is 11.0. The number of benzene rings is 2. The highest BCUT2D eigenvalue weighted by molar-refractivity contribution is 6.14. The van der Waals surface area contributed by atoms with Gasteiger partial charge in [0.1, 0.15) is 13.1 Å². The number of likely N-dealkylation sites (N-methyl/N-ethyl adjacent to an activating group) is 1. The normalized spacial score (nSPS) is 18.1. The molecule has 1 N–H and O–H groups in total. The smallest absolute Gasteiger partial charge is 0.203 e. The number of methoxy groups -OCH3 is 6. The van der Waals surface area contributed by atoms with E-state index in [1.807, 2.05) is 31.3 Å². The molecule has 3 rings (SSSR count). The van der Waals surface area contributed by atoms with Crippen LogP contribution in [0.3, 0.4) is 0 Å². The number of quaternary nitrogens is 1. The van der Waals surface area contributed by atoms with Crippen LogP contribution in [0.4, 0.5) is 0 Å². The van der Waals surface area contributed by atoms with Crippen LogP contribution in [-0.2, 0) is 4.79 Å². The van der Waals surface area contributed by atoms with Crippen molar-refractivity contribution >= 4 is 17.9 Å². The highest BCUT2D eigenvalue weighted by Gasteiger charge is 2.29. The van der Waals surface area contributed by atoms with Crippen LogP contribution in [-0.4, -0.2) is 68.6 Å². The van der Waals surface area contributed by atoms with Gasteiger partial charge in [0.2, 0.25) is 11.5 Å². The Morgan fingerprint density at radius 2 is 1.00 bits per heavy atom. The Labute approximate surface area is 200 Å². The lowest BCUT2D eigenvalue weighted by molar-refractivity contribution is -0.870. The summed E-state index contributed by atoms with van der Waals surface area (Å²) in [6, 6.07) is 7.29. The van der Waals surface area contributed by atoms with E-state index in [0.717, 1.165) is 11.1 Å². The van der Waals surface area contributed by atoms with Crippen molar-refractivity contribution in [3.8, 4) is 34.5 Å². The first-order valence-electron chi connectivity index (χ1n) is 10.8. The van der Waals surface area contributed by atoms with Gasteiger partial charge in [-0.1, -0.05) is 0 Å². The van der Waals surface area contributed by atoms with E-state index in [1.165, 1.54) is 4.90 Å². The zero-order valence-electron chi connectivity index (χ0n) is 20.7. The number of rotatable bonds is 8. The van der Waals surface area contributed by atoms with Crippen molar-refractivity contribution in [2.24, 2.45) is 0 Å². The van der Waals surface area contributed by atoms with Gasteiger partial charge >= 0.3 is 0 Å². The number of carbonyl (C=O) groups is 1. The largest absolute Gasteiger partial charge is 0.493 e. The summed E-state index contributed by atoms with van der Waals surface area (Å²) in [6.07, 6.45) is 3.71. The van der Waals surface area contributed by atoms with E-state index >= 15 is 0 Å². The molecule has 0 amide bonds. The average Bonchev–Trinajstić information content (AvgIpc) is 2.85. The lowest BCUT2D eigenvalue weighted by atomic mass is 9.94. The second-order valence-electron chi connectivity index (χ2n) is 7.83. The number of carbonyl (C=O) groups excluding carboxylic acids is 1. The lowest BCUT2D eigenvalue weighted by Crippen LogP contribution is -3.10. The molecule has 2 aromatic rings. The fourth-order valence-electron chi connectivity index (χ4n) is 4.16. The monoisotopic (exact) mass is 470 g/mol. The third-order valence-electron chi connectivity index (χ3n) is 5.70. The third-order valence-corrected chi connectivity index (χ3v) is 5.70. The molecule has 1 atom stereocenters. The molecule has 1 aliphatic heterocycles. The van der Waals surface area contributed by atoms with Gasteiger partial charge < -0.3 is 33.3 Å². The number of hydrogen-bond acceptors (Lipinski definition) is 7. The summed E-state index contributed by atoms with van der Waals surface area (Å²) < 4.78 is 32.9. The standard InChI is InChI=1S/C26H31NO7/c1-27-14-18(12-16-8-10-20(29-2)25(33-6)23(16)31-4)22(28)19(15-27)13-17-9-11-21(30-3)26(34-7)24(17)32-5/h8-13H,14-15H2,1-7H3/p+1/b18-12+,19-13?. The molecule has 182 valence electrons. The molecule has 0 saturated carbocycles. The zero-order chi connectivity index (χ0) is 24.8. The lowest BCUT2D eigenvalue weighted by Gasteiger charge is -2.24. The van der Waals surface area contributed by atoms with Crippen molar-refractivity contribution in [3.05, 3.63) is 46.5 Å². The fraction of sp³-hybridized carbons (Fsp3) is 0.346. The van der Waals surface area contributed by atoms with Crippen molar-refractivity contribution in [2.75, 3.05) is 62.8 Å². The fourth-order valence-corrected chi connectivity index (χ4v) is 4.16. The third kappa shape index (κ3) is 4.82. The minimum absolute atomic E-state index is 0.0284. The van der Waals surface area contributed by atoms with Gasteiger partial charge in [0.05, 0.1) is 60.9 Å². The topological polar surface area (TPSA) is 76.9 Å². The van der Waals surface area contributed by atoms with E-state index in [-0.39, 0.29) is 5.78 Å². The maximum atomic E-state index is 13.5. The summed E-state index contributed by atoms with van der Waals surface area (Å²) in [4.78, 5) is 14.7. The predicted molar refractivity (Wildman–Crippen MR) is 130 cm³/mol. The summed E-state index contributed by atoms with van der Waals surface area (Å²) >= 11 is 0. The van der Waals surface area contributed by atoms with Crippen LogP contribution in [0.5, 0.6) is 34.5 Å². The van der Waals surface area contributed by atoms with Crippen molar-refractivity contribution in [2.45, 2.75) is 0 Å². The van der Waals surface area contributed by atoms with Crippen molar-refractivity contribution < 1.29 is 38.1 Å². The van der Waals surface area contributed by atoms with Gasteiger partial charge in [-0.05, 0) is 36.4 Å². The molecule has 0 bridgehead atoms. The van der Waals surface area contributed by atoms with Gasteiger partial charge in [0.25, 0.3) is 0 Å². The molecule has 2 aromatic carbocycles. The Morgan fingerprint density at radius 1 is 0.618 bits per heavy atom. The molecule has 0 spiro atoms. The minimum atomic E-state index is -0.0284. The Morgan fingerprint density at radius 3 is 1.32 bits per heavy atom. The molecule has 34 heavy (non-hydrogen) atoms. The average molecular weight is 471 g/mol. The Balaban J connectivity index is 2.07. The van der Waals surface area contributed by atoms with Crippen LogP contribution >= 0.6 is 0 Å². The first-order chi connectivity index (χ1) is 16.4. The zero-order valence-corrected chi connectivity index (χ0v) is 20.7. The molecule has 1 heterocycles. The summed E-state index contributed by atoms with van der Waals surface area (Å²) in [6.45, 7) is 1.16.